The van der Waals surface area contributed by atoms with Gasteiger partial charge >= 0.3 is 0 Å². The fourth-order valence-corrected chi connectivity index (χ4v) is 3.76. The molecule has 0 spiro atoms. The van der Waals surface area contributed by atoms with Gasteiger partial charge in [0.15, 0.2) is 0 Å². The lowest BCUT2D eigenvalue weighted by Gasteiger charge is -2.19. The van der Waals surface area contributed by atoms with Crippen molar-refractivity contribution in [3.8, 4) is 11.8 Å². The van der Waals surface area contributed by atoms with E-state index in [-0.39, 0.29) is 12.6 Å². The van der Waals surface area contributed by atoms with Gasteiger partial charge in [-0.1, -0.05) is 25.1 Å². The molecule has 6 heteroatoms. The molecule has 0 amide bonds. The predicted octanol–water partition coefficient (Wildman–Crippen LogP) is 2.86. The molecule has 2 aromatic carbocycles. The van der Waals surface area contributed by atoms with Gasteiger partial charge in [-0.15, -0.1) is 0 Å². The van der Waals surface area contributed by atoms with Gasteiger partial charge in [-0.3, -0.25) is 4.21 Å². The quantitative estimate of drug-likeness (QED) is 0.621. The van der Waals surface area contributed by atoms with Crippen LogP contribution in [0.3, 0.4) is 0 Å². The fourth-order valence-electron chi connectivity index (χ4n) is 2.57. The van der Waals surface area contributed by atoms with Gasteiger partial charge in [-0.05, 0) is 49.2 Å². The molecule has 0 bridgehead atoms. The van der Waals surface area contributed by atoms with Crippen LogP contribution in [0.4, 0.5) is 0 Å². The summed E-state index contributed by atoms with van der Waals surface area (Å²) in [5.74, 6) is 1.21. The molecule has 3 unspecified atom stereocenters. The van der Waals surface area contributed by atoms with Crippen molar-refractivity contribution in [3.63, 3.8) is 0 Å². The molecular formula is C21H26N2O3S. The molecule has 2 N–H and O–H groups in total. The van der Waals surface area contributed by atoms with Crippen LogP contribution in [0.25, 0.3) is 0 Å². The van der Waals surface area contributed by atoms with Crippen molar-refractivity contribution in [2.45, 2.75) is 36.8 Å². The lowest BCUT2D eigenvalue weighted by molar-refractivity contribution is 0.103. The van der Waals surface area contributed by atoms with E-state index in [4.69, 9.17) is 10.00 Å². The predicted molar refractivity (Wildman–Crippen MR) is 107 cm³/mol. The summed E-state index contributed by atoms with van der Waals surface area (Å²) in [5.41, 5.74) is 0.572. The van der Waals surface area contributed by atoms with Crippen molar-refractivity contribution in [3.05, 3.63) is 60.2 Å². The van der Waals surface area contributed by atoms with Crippen LogP contribution in [0, 0.1) is 11.3 Å². The number of ether oxygens (including phenoxy) is 1. The molecule has 27 heavy (non-hydrogen) atoms. The largest absolute Gasteiger partial charge is 0.491 e. The maximum Gasteiger partial charge on any atom is 0.119 e. The summed E-state index contributed by atoms with van der Waals surface area (Å²) in [5, 5.41) is 22.2. The highest BCUT2D eigenvalue weighted by Gasteiger charge is 2.12. The molecule has 0 fully saturated rings. The molecule has 5 nitrogen and oxygen atoms in total. The van der Waals surface area contributed by atoms with E-state index in [1.165, 1.54) is 0 Å². The van der Waals surface area contributed by atoms with Crippen LogP contribution in [-0.4, -0.2) is 40.4 Å². The van der Waals surface area contributed by atoms with Crippen LogP contribution in [0.5, 0.6) is 5.75 Å². The lowest BCUT2D eigenvalue weighted by atomic mass is 10.1. The first-order chi connectivity index (χ1) is 13.1. The number of hydrogen-bond acceptors (Lipinski definition) is 5. The highest BCUT2D eigenvalue weighted by molar-refractivity contribution is 7.85. The van der Waals surface area contributed by atoms with E-state index >= 15 is 0 Å². The number of rotatable bonds is 11. The number of benzene rings is 2. The van der Waals surface area contributed by atoms with Crippen molar-refractivity contribution in [1.82, 2.24) is 5.32 Å². The molecule has 0 saturated carbocycles. The van der Waals surface area contributed by atoms with Crippen molar-refractivity contribution in [2.75, 3.05) is 18.9 Å². The summed E-state index contributed by atoms with van der Waals surface area (Å²) >= 11 is 0. The van der Waals surface area contributed by atoms with E-state index in [2.05, 4.69) is 18.3 Å². The molecule has 0 aromatic heterocycles. The van der Waals surface area contributed by atoms with Gasteiger partial charge in [0.05, 0.1) is 22.4 Å². The molecule has 3 atom stereocenters. The van der Waals surface area contributed by atoms with E-state index in [0.717, 1.165) is 17.7 Å². The van der Waals surface area contributed by atoms with E-state index in [1.54, 1.807) is 24.3 Å². The Hall–Kier alpha value is -2.20. The highest BCUT2D eigenvalue weighted by atomic mass is 32.2. The van der Waals surface area contributed by atoms with Crippen molar-refractivity contribution in [1.29, 1.82) is 5.26 Å². The van der Waals surface area contributed by atoms with Gasteiger partial charge < -0.3 is 15.2 Å². The van der Waals surface area contributed by atoms with Gasteiger partial charge in [0.2, 0.25) is 0 Å². The molecule has 0 aliphatic carbocycles. The Bertz CT molecular complexity index is 744. The van der Waals surface area contributed by atoms with E-state index in [9.17, 15) is 9.32 Å². The number of aliphatic hydroxyl groups excluding tert-OH is 1. The van der Waals surface area contributed by atoms with Gasteiger partial charge in [-0.25, -0.2) is 0 Å². The highest BCUT2D eigenvalue weighted by Crippen LogP contribution is 2.12. The summed E-state index contributed by atoms with van der Waals surface area (Å²) in [6.45, 7) is 2.65. The number of nitrogens with one attached hydrogen (secondary N) is 1. The average molecular weight is 387 g/mol. The normalized spacial score (nSPS) is 14.1. The Kier molecular flexibility index (Phi) is 8.99. The Labute approximate surface area is 163 Å². The maximum absolute atomic E-state index is 12.3. The molecule has 0 saturated heterocycles. The van der Waals surface area contributed by atoms with Crippen molar-refractivity contribution in [2.24, 2.45) is 0 Å². The third-order valence-electron chi connectivity index (χ3n) is 4.22. The third kappa shape index (κ3) is 7.51. The molecule has 2 rings (SSSR count). The van der Waals surface area contributed by atoms with Gasteiger partial charge in [0, 0.05) is 23.2 Å². The topological polar surface area (TPSA) is 82.3 Å². The van der Waals surface area contributed by atoms with Crippen LogP contribution >= 0.6 is 0 Å². The first kappa shape index (κ1) is 21.1. The number of nitrogens with zero attached hydrogens (tertiary/aromatic N) is 1. The minimum Gasteiger partial charge on any atom is -0.491 e. The first-order valence-corrected chi connectivity index (χ1v) is 10.4. The van der Waals surface area contributed by atoms with E-state index in [0.29, 0.717) is 23.6 Å². The molecule has 2 aromatic rings. The number of hydrogen-bond donors (Lipinski definition) is 2. The first-order valence-electron chi connectivity index (χ1n) is 9.10. The van der Waals surface area contributed by atoms with E-state index < -0.39 is 16.9 Å². The lowest BCUT2D eigenvalue weighted by Crippen LogP contribution is -2.38. The van der Waals surface area contributed by atoms with Crippen LogP contribution in [-0.2, 0) is 10.8 Å². The van der Waals surface area contributed by atoms with Gasteiger partial charge in [-0.2, -0.15) is 5.26 Å². The molecule has 0 heterocycles. The Morgan fingerprint density at radius 2 is 1.89 bits per heavy atom. The summed E-state index contributed by atoms with van der Waals surface area (Å²) in [7, 11) is -1.00. The zero-order chi connectivity index (χ0) is 19.5. The second kappa shape index (κ2) is 11.5. The fraction of sp³-hybridized carbons (Fsp3) is 0.381. The summed E-state index contributed by atoms with van der Waals surface area (Å²) in [6, 6.07) is 18.5. The van der Waals surface area contributed by atoms with Crippen LogP contribution in [0.2, 0.25) is 0 Å². The van der Waals surface area contributed by atoms with Crippen LogP contribution in [0.15, 0.2) is 59.5 Å². The second-order valence-corrected chi connectivity index (χ2v) is 7.84. The van der Waals surface area contributed by atoms with Gasteiger partial charge in [0.1, 0.15) is 18.5 Å². The number of aliphatic hydroxyl groups is 1. The zero-order valence-electron chi connectivity index (χ0n) is 15.5. The minimum absolute atomic E-state index is 0.172. The molecule has 144 valence electrons. The Balaban J connectivity index is 1.69. The van der Waals surface area contributed by atoms with E-state index in [1.807, 2.05) is 30.3 Å². The number of nitriles is 1. The molecule has 0 radical (unpaired) electrons. The minimum atomic E-state index is -1.00. The average Bonchev–Trinajstić information content (AvgIpc) is 2.73. The molecule has 0 aliphatic rings. The molecule has 0 aliphatic heterocycles. The Morgan fingerprint density at radius 1 is 1.19 bits per heavy atom. The summed E-state index contributed by atoms with van der Waals surface area (Å²) < 4.78 is 17.8. The maximum atomic E-state index is 12.3. The zero-order valence-corrected chi connectivity index (χ0v) is 16.3. The van der Waals surface area contributed by atoms with Crippen molar-refractivity contribution >= 4 is 10.8 Å². The molecular weight excluding hydrogens is 360 g/mol. The van der Waals surface area contributed by atoms with Crippen LogP contribution < -0.4 is 10.1 Å². The monoisotopic (exact) mass is 386 g/mol. The summed E-state index contributed by atoms with van der Waals surface area (Å²) in [6.07, 6.45) is 1.03. The summed E-state index contributed by atoms with van der Waals surface area (Å²) in [4.78, 5) is 0.850. The van der Waals surface area contributed by atoms with Crippen molar-refractivity contribution < 1.29 is 14.1 Å². The standard InChI is InChI=1S/C21H26N2O3S/c1-2-18(12-13-27(25)21-6-4-3-5-7-21)23-15-19(24)16-26-20-10-8-17(14-22)9-11-20/h3-11,18-19,23-24H,2,12-13,15-16H2,1H3. The third-order valence-corrected chi connectivity index (χ3v) is 5.62. The SMILES string of the molecule is CCC(CCS(=O)c1ccccc1)NCC(O)COc1ccc(C#N)cc1. The van der Waals surface area contributed by atoms with Gasteiger partial charge in [0.25, 0.3) is 0 Å². The second-order valence-electron chi connectivity index (χ2n) is 6.27. The van der Waals surface area contributed by atoms with Crippen LogP contribution in [0.1, 0.15) is 25.3 Å². The smallest absolute Gasteiger partial charge is 0.119 e. The Morgan fingerprint density at radius 3 is 2.52 bits per heavy atom.